The highest BCUT2D eigenvalue weighted by molar-refractivity contribution is 9.10. The Balaban J connectivity index is 2.26. The molecule has 2 aromatic rings. The van der Waals surface area contributed by atoms with Gasteiger partial charge in [-0.15, -0.1) is 0 Å². The lowest BCUT2D eigenvalue weighted by Crippen LogP contribution is -2.10. The average Bonchev–Trinajstić information content (AvgIpc) is 2.82. The van der Waals surface area contributed by atoms with Crippen LogP contribution >= 0.6 is 15.9 Å². The van der Waals surface area contributed by atoms with Crippen LogP contribution in [0.5, 0.6) is 0 Å². The third-order valence-electron chi connectivity index (χ3n) is 3.27. The molecule has 0 aliphatic carbocycles. The van der Waals surface area contributed by atoms with E-state index >= 15 is 0 Å². The quantitative estimate of drug-likeness (QED) is 0.935. The number of rotatable bonds is 4. The Bertz CT molecular complexity index is 588. The number of hydrogen-bond acceptors (Lipinski definition) is 3. The molecule has 1 N–H and O–H groups in total. The number of hydrogen-bond donors (Lipinski definition) is 1. The van der Waals surface area contributed by atoms with Crippen LogP contribution in [0.25, 0.3) is 0 Å². The van der Waals surface area contributed by atoms with Gasteiger partial charge in [-0.05, 0) is 35.3 Å². The molecule has 6 heteroatoms. The summed E-state index contributed by atoms with van der Waals surface area (Å²) < 4.78 is 4.55. The molecule has 0 aliphatic heterocycles. The van der Waals surface area contributed by atoms with Gasteiger partial charge in [-0.25, -0.2) is 0 Å². The fraction of sp³-hybridized carbons (Fsp3) is 0.538. The highest BCUT2D eigenvalue weighted by Gasteiger charge is 2.19. The van der Waals surface area contributed by atoms with E-state index in [0.29, 0.717) is 6.42 Å². The number of aromatic nitrogens is 4. The zero-order valence-electron chi connectivity index (χ0n) is 11.7. The lowest BCUT2D eigenvalue weighted by Gasteiger charge is -2.11. The summed E-state index contributed by atoms with van der Waals surface area (Å²) in [5, 5.41) is 19.1. The predicted molar refractivity (Wildman–Crippen MR) is 76.9 cm³/mol. The molecule has 0 aromatic carbocycles. The fourth-order valence-electron chi connectivity index (χ4n) is 2.27. The smallest absolute Gasteiger partial charge is 0.101 e. The van der Waals surface area contributed by atoms with Crippen molar-refractivity contribution < 1.29 is 5.11 Å². The van der Waals surface area contributed by atoms with Crippen LogP contribution in [-0.2, 0) is 26.9 Å². The minimum Gasteiger partial charge on any atom is -0.386 e. The van der Waals surface area contributed by atoms with E-state index < -0.39 is 6.10 Å². The van der Waals surface area contributed by atoms with Gasteiger partial charge in [0.05, 0.1) is 27.2 Å². The van der Waals surface area contributed by atoms with Gasteiger partial charge in [-0.2, -0.15) is 10.2 Å². The number of aryl methyl sites for hydroxylation is 4. The number of nitrogens with zero attached hydrogens (tertiary/aromatic N) is 4. The van der Waals surface area contributed by atoms with Crippen molar-refractivity contribution >= 4 is 15.9 Å². The molecule has 0 saturated heterocycles. The van der Waals surface area contributed by atoms with E-state index in [0.717, 1.165) is 33.7 Å². The number of halogens is 1. The van der Waals surface area contributed by atoms with Crippen molar-refractivity contribution in [3.8, 4) is 0 Å². The molecule has 0 amide bonds. The molecule has 19 heavy (non-hydrogen) atoms. The Morgan fingerprint density at radius 1 is 1.32 bits per heavy atom. The first kappa shape index (κ1) is 14.3. The van der Waals surface area contributed by atoms with Gasteiger partial charge in [-0.3, -0.25) is 9.36 Å². The average molecular weight is 327 g/mol. The summed E-state index contributed by atoms with van der Waals surface area (Å²) in [6.45, 7) is 3.99. The minimum absolute atomic E-state index is 0.517. The van der Waals surface area contributed by atoms with Gasteiger partial charge in [0, 0.05) is 20.5 Å². The molecule has 0 fully saturated rings. The van der Waals surface area contributed by atoms with Gasteiger partial charge in [0.1, 0.15) is 6.10 Å². The van der Waals surface area contributed by atoms with Crippen LogP contribution in [0.15, 0.2) is 10.5 Å². The third-order valence-corrected chi connectivity index (χ3v) is 4.18. The van der Waals surface area contributed by atoms with Gasteiger partial charge in [0.2, 0.25) is 0 Å². The summed E-state index contributed by atoms with van der Waals surface area (Å²) in [6, 6.07) is 1.91. The normalized spacial score (nSPS) is 12.9. The molecular weight excluding hydrogens is 308 g/mol. The van der Waals surface area contributed by atoms with Gasteiger partial charge >= 0.3 is 0 Å². The predicted octanol–water partition coefficient (Wildman–Crippen LogP) is 2.06. The summed E-state index contributed by atoms with van der Waals surface area (Å²) in [4.78, 5) is 0. The zero-order valence-corrected chi connectivity index (χ0v) is 13.3. The molecule has 2 aromatic heterocycles. The standard InChI is InChI=1S/C13H19BrN4O/c1-5-9-13(14)11(18(4)16-9)7-12(19)10-6-8(2)15-17(10)3/h6,12,19H,5,7H2,1-4H3. The minimum atomic E-state index is -0.581. The summed E-state index contributed by atoms with van der Waals surface area (Å²) in [5.41, 5.74) is 3.76. The van der Waals surface area contributed by atoms with Crippen LogP contribution in [-0.4, -0.2) is 24.7 Å². The molecule has 0 spiro atoms. The number of aliphatic hydroxyl groups excluding tert-OH is 1. The molecule has 5 nitrogen and oxygen atoms in total. The van der Waals surface area contributed by atoms with E-state index in [1.54, 1.807) is 4.68 Å². The Morgan fingerprint density at radius 3 is 2.47 bits per heavy atom. The monoisotopic (exact) mass is 326 g/mol. The Labute approximate surface area is 121 Å². The second-order valence-corrected chi connectivity index (χ2v) is 5.53. The van der Waals surface area contributed by atoms with Crippen LogP contribution in [0, 0.1) is 6.92 Å². The maximum Gasteiger partial charge on any atom is 0.101 e. The van der Waals surface area contributed by atoms with Crippen LogP contribution in [0.3, 0.4) is 0 Å². The highest BCUT2D eigenvalue weighted by Crippen LogP contribution is 2.26. The van der Waals surface area contributed by atoms with E-state index in [-0.39, 0.29) is 0 Å². The van der Waals surface area contributed by atoms with Gasteiger partial charge < -0.3 is 5.11 Å². The van der Waals surface area contributed by atoms with E-state index in [2.05, 4.69) is 33.1 Å². The second kappa shape index (κ2) is 5.46. The second-order valence-electron chi connectivity index (χ2n) is 4.74. The van der Waals surface area contributed by atoms with Crippen molar-refractivity contribution in [3.63, 3.8) is 0 Å². The lowest BCUT2D eigenvalue weighted by molar-refractivity contribution is 0.166. The van der Waals surface area contributed by atoms with E-state index in [1.807, 2.05) is 31.8 Å². The zero-order chi connectivity index (χ0) is 14.2. The maximum atomic E-state index is 10.4. The largest absolute Gasteiger partial charge is 0.386 e. The summed E-state index contributed by atoms with van der Waals surface area (Å²) >= 11 is 3.57. The Morgan fingerprint density at radius 2 is 2.00 bits per heavy atom. The first-order chi connectivity index (χ1) is 8.93. The summed E-state index contributed by atoms with van der Waals surface area (Å²) in [7, 11) is 3.75. The Hall–Kier alpha value is -1.14. The maximum absolute atomic E-state index is 10.4. The third kappa shape index (κ3) is 2.74. The summed E-state index contributed by atoms with van der Waals surface area (Å²) in [6.07, 6.45) is 0.806. The van der Waals surface area contributed by atoms with Gasteiger partial charge in [0.25, 0.3) is 0 Å². The molecule has 1 atom stereocenters. The van der Waals surface area contributed by atoms with Crippen LogP contribution in [0.2, 0.25) is 0 Å². The van der Waals surface area contributed by atoms with Crippen molar-refractivity contribution in [1.29, 1.82) is 0 Å². The summed E-state index contributed by atoms with van der Waals surface area (Å²) in [5.74, 6) is 0. The van der Waals surface area contributed by atoms with E-state index in [1.165, 1.54) is 0 Å². The molecule has 2 rings (SSSR count). The first-order valence-corrected chi connectivity index (χ1v) is 7.12. The van der Waals surface area contributed by atoms with Gasteiger partial charge in [-0.1, -0.05) is 6.92 Å². The molecule has 0 radical (unpaired) electrons. The lowest BCUT2D eigenvalue weighted by atomic mass is 10.1. The molecule has 0 aliphatic rings. The van der Waals surface area contributed by atoms with Gasteiger partial charge in [0.15, 0.2) is 0 Å². The van der Waals surface area contributed by atoms with Crippen molar-refractivity contribution in [2.24, 2.45) is 14.1 Å². The highest BCUT2D eigenvalue weighted by atomic mass is 79.9. The van der Waals surface area contributed by atoms with Crippen LogP contribution < -0.4 is 0 Å². The van der Waals surface area contributed by atoms with E-state index in [4.69, 9.17) is 0 Å². The fourth-order valence-corrected chi connectivity index (χ4v) is 3.05. The number of aliphatic hydroxyl groups is 1. The Kier molecular flexibility index (Phi) is 4.10. The van der Waals surface area contributed by atoms with Crippen molar-refractivity contribution in [1.82, 2.24) is 19.6 Å². The molecular formula is C13H19BrN4O. The molecule has 0 bridgehead atoms. The first-order valence-electron chi connectivity index (χ1n) is 6.32. The van der Waals surface area contributed by atoms with Crippen molar-refractivity contribution in [2.75, 3.05) is 0 Å². The van der Waals surface area contributed by atoms with Crippen LogP contribution in [0.1, 0.15) is 35.8 Å². The van der Waals surface area contributed by atoms with E-state index in [9.17, 15) is 5.11 Å². The molecule has 104 valence electrons. The SMILES string of the molecule is CCc1nn(C)c(CC(O)c2cc(C)nn2C)c1Br. The molecule has 1 unspecified atom stereocenters. The topological polar surface area (TPSA) is 55.9 Å². The van der Waals surface area contributed by atoms with Crippen molar-refractivity contribution in [2.45, 2.75) is 32.8 Å². The van der Waals surface area contributed by atoms with Crippen LogP contribution in [0.4, 0.5) is 0 Å². The molecule has 0 saturated carbocycles. The van der Waals surface area contributed by atoms with Crippen molar-refractivity contribution in [3.05, 3.63) is 33.3 Å². The molecule has 2 heterocycles.